The van der Waals surface area contributed by atoms with Crippen LogP contribution >= 0.6 is 0 Å². The molecule has 1 N–H and O–H groups in total. The van der Waals surface area contributed by atoms with Crippen LogP contribution in [0.5, 0.6) is 5.75 Å². The van der Waals surface area contributed by atoms with Crippen LogP contribution in [0.25, 0.3) is 0 Å². The van der Waals surface area contributed by atoms with Crippen molar-refractivity contribution in [1.82, 2.24) is 14.5 Å². The van der Waals surface area contributed by atoms with Crippen LogP contribution in [0.4, 0.5) is 0 Å². The maximum absolute atomic E-state index is 12.9. The molecule has 0 radical (unpaired) electrons. The zero-order valence-electron chi connectivity index (χ0n) is 18.1. The summed E-state index contributed by atoms with van der Waals surface area (Å²) < 4.78 is 37.8. The van der Waals surface area contributed by atoms with Gasteiger partial charge in [0.2, 0.25) is 21.8 Å². The second-order valence-corrected chi connectivity index (χ2v) is 9.69. The van der Waals surface area contributed by atoms with Gasteiger partial charge < -0.3 is 19.7 Å². The molecule has 0 spiro atoms. The molecule has 0 aromatic heterocycles. The van der Waals surface area contributed by atoms with Crippen molar-refractivity contribution in [2.75, 3.05) is 46.0 Å². The van der Waals surface area contributed by atoms with Gasteiger partial charge in [-0.1, -0.05) is 0 Å². The van der Waals surface area contributed by atoms with Crippen molar-refractivity contribution in [2.24, 2.45) is 5.92 Å². The van der Waals surface area contributed by atoms with Gasteiger partial charge in [-0.3, -0.25) is 9.59 Å². The second kappa shape index (κ2) is 10.4. The Morgan fingerprint density at radius 3 is 2.32 bits per heavy atom. The van der Waals surface area contributed by atoms with Crippen LogP contribution in [0.3, 0.4) is 0 Å². The lowest BCUT2D eigenvalue weighted by Crippen LogP contribution is -2.52. The normalized spacial score (nSPS) is 19.6. The molecule has 2 heterocycles. The molecule has 1 unspecified atom stereocenters. The summed E-state index contributed by atoms with van der Waals surface area (Å²) in [5.41, 5.74) is 0. The molecule has 172 valence electrons. The van der Waals surface area contributed by atoms with Crippen molar-refractivity contribution in [2.45, 2.75) is 37.6 Å². The highest BCUT2D eigenvalue weighted by Crippen LogP contribution is 2.25. The van der Waals surface area contributed by atoms with Crippen LogP contribution in [-0.2, 0) is 24.3 Å². The van der Waals surface area contributed by atoms with Crippen molar-refractivity contribution >= 4 is 21.8 Å². The summed E-state index contributed by atoms with van der Waals surface area (Å²) in [4.78, 5) is 27.0. The molecule has 10 heteroatoms. The quantitative estimate of drug-likeness (QED) is 0.656. The first-order valence-electron chi connectivity index (χ1n) is 10.7. The fraction of sp³-hybridized carbons (Fsp3) is 0.619. The number of carbonyl (C=O) groups excluding carboxylic acids is 2. The minimum atomic E-state index is -3.62. The number of amides is 2. The minimum Gasteiger partial charge on any atom is -0.494 e. The number of ether oxygens (including phenoxy) is 2. The number of rotatable bonds is 7. The number of carbonyl (C=O) groups is 2. The third-order valence-electron chi connectivity index (χ3n) is 5.65. The van der Waals surface area contributed by atoms with E-state index in [0.29, 0.717) is 51.5 Å². The summed E-state index contributed by atoms with van der Waals surface area (Å²) in [5.74, 6) is -0.0105. The molecule has 1 aromatic rings. The van der Waals surface area contributed by atoms with Gasteiger partial charge in [-0.2, -0.15) is 4.31 Å². The molecule has 31 heavy (non-hydrogen) atoms. The molecule has 1 atom stereocenters. The number of hydrogen-bond donors (Lipinski definition) is 1. The van der Waals surface area contributed by atoms with E-state index < -0.39 is 16.1 Å². The third kappa shape index (κ3) is 5.75. The molecule has 2 aliphatic rings. The van der Waals surface area contributed by atoms with E-state index >= 15 is 0 Å². The zero-order valence-corrected chi connectivity index (χ0v) is 18.9. The summed E-state index contributed by atoms with van der Waals surface area (Å²) in [6.45, 7) is 6.66. The van der Waals surface area contributed by atoms with Gasteiger partial charge in [0.05, 0.1) is 24.7 Å². The lowest BCUT2D eigenvalue weighted by atomic mass is 9.97. The molecule has 1 aromatic carbocycles. The highest BCUT2D eigenvalue weighted by atomic mass is 32.2. The monoisotopic (exact) mass is 453 g/mol. The van der Waals surface area contributed by atoms with Gasteiger partial charge in [-0.05, 0) is 51.0 Å². The highest BCUT2D eigenvalue weighted by molar-refractivity contribution is 7.89. The van der Waals surface area contributed by atoms with Crippen LogP contribution in [0, 0.1) is 5.92 Å². The van der Waals surface area contributed by atoms with E-state index in [2.05, 4.69) is 5.32 Å². The van der Waals surface area contributed by atoms with E-state index in [1.807, 2.05) is 6.92 Å². The van der Waals surface area contributed by atoms with E-state index in [4.69, 9.17) is 9.47 Å². The molecular weight excluding hydrogens is 422 g/mol. The van der Waals surface area contributed by atoms with Crippen LogP contribution < -0.4 is 10.1 Å². The Balaban J connectivity index is 1.52. The minimum absolute atomic E-state index is 0.118. The molecule has 0 bridgehead atoms. The number of nitrogens with zero attached hydrogens (tertiary/aromatic N) is 2. The summed E-state index contributed by atoms with van der Waals surface area (Å²) >= 11 is 0. The molecule has 2 fully saturated rings. The Morgan fingerprint density at radius 2 is 1.74 bits per heavy atom. The van der Waals surface area contributed by atoms with Gasteiger partial charge in [0, 0.05) is 32.1 Å². The van der Waals surface area contributed by atoms with E-state index in [-0.39, 0.29) is 35.7 Å². The molecule has 3 rings (SSSR count). The first-order chi connectivity index (χ1) is 14.8. The first-order valence-corrected chi connectivity index (χ1v) is 12.2. The number of nitrogens with one attached hydrogen (secondary N) is 1. The second-order valence-electron chi connectivity index (χ2n) is 7.75. The Bertz CT molecular complexity index is 860. The number of sulfonamides is 1. The molecule has 0 saturated carbocycles. The summed E-state index contributed by atoms with van der Waals surface area (Å²) in [7, 11) is -3.62. The standard InChI is InChI=1S/C21H31N3O6S/c1-3-30-18-4-6-19(7-5-18)31(27,28)24-10-8-17(9-11-24)20(25)22-16(2)21(26)23-12-14-29-15-13-23/h4-7,16-17H,3,8-15H2,1-2H3,(H,22,25). The van der Waals surface area contributed by atoms with E-state index in [1.165, 1.54) is 16.4 Å². The topological polar surface area (TPSA) is 105 Å². The largest absolute Gasteiger partial charge is 0.494 e. The van der Waals surface area contributed by atoms with Gasteiger partial charge in [0.25, 0.3) is 0 Å². The SMILES string of the molecule is CCOc1ccc(S(=O)(=O)N2CCC(C(=O)NC(C)C(=O)N3CCOCC3)CC2)cc1. The van der Waals surface area contributed by atoms with Crippen molar-refractivity contribution in [1.29, 1.82) is 0 Å². The fourth-order valence-electron chi connectivity index (χ4n) is 3.83. The molecule has 9 nitrogen and oxygen atoms in total. The number of hydrogen-bond acceptors (Lipinski definition) is 6. The van der Waals surface area contributed by atoms with Crippen LogP contribution in [0.1, 0.15) is 26.7 Å². The maximum Gasteiger partial charge on any atom is 0.245 e. The van der Waals surface area contributed by atoms with Crippen LogP contribution in [0.2, 0.25) is 0 Å². The summed E-state index contributed by atoms with van der Waals surface area (Å²) in [5, 5.41) is 2.80. The predicted octanol–water partition coefficient (Wildman–Crippen LogP) is 0.850. The van der Waals surface area contributed by atoms with Gasteiger partial charge in [0.1, 0.15) is 11.8 Å². The molecule has 2 amide bonds. The Hall–Kier alpha value is -2.17. The smallest absolute Gasteiger partial charge is 0.245 e. The van der Waals surface area contributed by atoms with E-state index in [1.54, 1.807) is 24.0 Å². The average Bonchev–Trinajstić information content (AvgIpc) is 2.79. The highest BCUT2D eigenvalue weighted by Gasteiger charge is 2.33. The van der Waals surface area contributed by atoms with Crippen molar-refractivity contribution in [3.63, 3.8) is 0 Å². The Morgan fingerprint density at radius 1 is 1.13 bits per heavy atom. The Kier molecular flexibility index (Phi) is 7.90. The summed E-state index contributed by atoms with van der Waals surface area (Å²) in [6.07, 6.45) is 0.834. The molecule has 2 aliphatic heterocycles. The van der Waals surface area contributed by atoms with Crippen LogP contribution in [-0.4, -0.2) is 81.5 Å². The van der Waals surface area contributed by atoms with Crippen molar-refractivity contribution < 1.29 is 27.5 Å². The average molecular weight is 454 g/mol. The molecule has 0 aliphatic carbocycles. The zero-order chi connectivity index (χ0) is 22.4. The molecule has 2 saturated heterocycles. The lowest BCUT2D eigenvalue weighted by Gasteiger charge is -2.32. The van der Waals surface area contributed by atoms with Gasteiger partial charge in [-0.25, -0.2) is 8.42 Å². The van der Waals surface area contributed by atoms with Crippen LogP contribution in [0.15, 0.2) is 29.2 Å². The first kappa shape index (κ1) is 23.5. The van der Waals surface area contributed by atoms with Gasteiger partial charge in [0.15, 0.2) is 0 Å². The predicted molar refractivity (Wildman–Crippen MR) is 114 cm³/mol. The Labute approximate surface area is 183 Å². The number of piperidine rings is 1. The maximum atomic E-state index is 12.9. The summed E-state index contributed by atoms with van der Waals surface area (Å²) in [6, 6.07) is 5.75. The van der Waals surface area contributed by atoms with Gasteiger partial charge >= 0.3 is 0 Å². The number of morpholine rings is 1. The van der Waals surface area contributed by atoms with Crippen molar-refractivity contribution in [3.8, 4) is 5.75 Å². The van der Waals surface area contributed by atoms with E-state index in [9.17, 15) is 18.0 Å². The fourth-order valence-corrected chi connectivity index (χ4v) is 5.30. The number of benzene rings is 1. The van der Waals surface area contributed by atoms with Crippen molar-refractivity contribution in [3.05, 3.63) is 24.3 Å². The third-order valence-corrected chi connectivity index (χ3v) is 7.56. The van der Waals surface area contributed by atoms with Gasteiger partial charge in [-0.15, -0.1) is 0 Å². The molecular formula is C21H31N3O6S. The lowest BCUT2D eigenvalue weighted by molar-refractivity contribution is -0.140. The van der Waals surface area contributed by atoms with E-state index in [0.717, 1.165) is 0 Å².